The van der Waals surface area contributed by atoms with E-state index in [0.29, 0.717) is 12.3 Å². The molecule has 0 spiro atoms. The van der Waals surface area contributed by atoms with E-state index in [0.717, 1.165) is 34.9 Å². The number of carbonyl (C=O) groups is 1. The van der Waals surface area contributed by atoms with Crippen molar-refractivity contribution in [1.29, 1.82) is 0 Å². The van der Waals surface area contributed by atoms with E-state index in [9.17, 15) is 4.79 Å². The summed E-state index contributed by atoms with van der Waals surface area (Å²) < 4.78 is 11.3. The highest BCUT2D eigenvalue weighted by Crippen LogP contribution is 2.23. The van der Waals surface area contributed by atoms with Gasteiger partial charge in [-0.1, -0.05) is 44.2 Å². The van der Waals surface area contributed by atoms with E-state index in [1.54, 1.807) is 6.20 Å². The van der Waals surface area contributed by atoms with Crippen LogP contribution in [0.2, 0.25) is 0 Å². The standard InChI is InChI=1S/C30H35N3O3/c1-30(2,3)29-21-26(32-36-29)20-27(34)19-25-12-9-24(22-31-25)8-7-23-10-13-28(14-11-23)35-18-17-33-15-5-4-6-16-33/h9-14,21-22H,4-6,15-20H2,1-3H3. The van der Waals surface area contributed by atoms with Gasteiger partial charge in [-0.3, -0.25) is 14.7 Å². The van der Waals surface area contributed by atoms with Crippen LogP contribution < -0.4 is 4.74 Å². The van der Waals surface area contributed by atoms with Gasteiger partial charge in [0.2, 0.25) is 0 Å². The summed E-state index contributed by atoms with van der Waals surface area (Å²) in [4.78, 5) is 19.3. The van der Waals surface area contributed by atoms with Crippen LogP contribution in [0, 0.1) is 11.8 Å². The highest BCUT2D eigenvalue weighted by molar-refractivity contribution is 5.82. The number of hydrogen-bond donors (Lipinski definition) is 0. The number of hydrogen-bond acceptors (Lipinski definition) is 6. The maximum atomic E-state index is 12.4. The summed E-state index contributed by atoms with van der Waals surface area (Å²) in [6.45, 7) is 10.2. The Morgan fingerprint density at radius 1 is 0.972 bits per heavy atom. The summed E-state index contributed by atoms with van der Waals surface area (Å²) in [7, 11) is 0. The van der Waals surface area contributed by atoms with Gasteiger partial charge in [-0.25, -0.2) is 0 Å². The first kappa shape index (κ1) is 25.7. The SMILES string of the molecule is CC(C)(C)c1cc(CC(=O)Cc2ccc(C#Cc3ccc(OCCN4CCCCC4)cc3)cn2)no1. The second-order valence-electron chi connectivity index (χ2n) is 10.4. The van der Waals surface area contributed by atoms with Crippen molar-refractivity contribution in [2.45, 2.75) is 58.3 Å². The van der Waals surface area contributed by atoms with Crippen LogP contribution in [0.4, 0.5) is 0 Å². The van der Waals surface area contributed by atoms with Crippen molar-refractivity contribution in [1.82, 2.24) is 15.0 Å². The predicted molar refractivity (Wildman–Crippen MR) is 140 cm³/mol. The summed E-state index contributed by atoms with van der Waals surface area (Å²) in [5.41, 5.74) is 2.97. The summed E-state index contributed by atoms with van der Waals surface area (Å²) in [5, 5.41) is 4.03. The zero-order chi connectivity index (χ0) is 25.4. The molecular formula is C30H35N3O3. The molecule has 1 aliphatic heterocycles. The Morgan fingerprint density at radius 2 is 1.67 bits per heavy atom. The van der Waals surface area contributed by atoms with Crippen LogP contribution >= 0.6 is 0 Å². The second kappa shape index (κ2) is 12.0. The van der Waals surface area contributed by atoms with Crippen LogP contribution in [0.25, 0.3) is 0 Å². The predicted octanol–water partition coefficient (Wildman–Crippen LogP) is 4.99. The number of aromatic nitrogens is 2. The van der Waals surface area contributed by atoms with Crippen LogP contribution in [0.3, 0.4) is 0 Å². The zero-order valence-corrected chi connectivity index (χ0v) is 21.5. The molecule has 6 nitrogen and oxygen atoms in total. The minimum Gasteiger partial charge on any atom is -0.492 e. The van der Waals surface area contributed by atoms with Crippen LogP contribution in [0.1, 0.15) is 68.3 Å². The maximum Gasteiger partial charge on any atom is 0.144 e. The molecule has 0 atom stereocenters. The van der Waals surface area contributed by atoms with E-state index in [1.807, 2.05) is 42.5 Å². The highest BCUT2D eigenvalue weighted by atomic mass is 16.5. The number of ether oxygens (including phenoxy) is 1. The first-order valence-corrected chi connectivity index (χ1v) is 12.8. The lowest BCUT2D eigenvalue weighted by Gasteiger charge is -2.26. The molecular weight excluding hydrogens is 450 g/mol. The van der Waals surface area contributed by atoms with E-state index in [1.165, 1.54) is 32.4 Å². The molecule has 0 unspecified atom stereocenters. The molecule has 0 aliphatic carbocycles. The highest BCUT2D eigenvalue weighted by Gasteiger charge is 2.20. The number of Topliss-reactive ketones (excluding diaryl/α,β-unsaturated/α-hetero) is 1. The third kappa shape index (κ3) is 7.79. The Kier molecular flexibility index (Phi) is 8.56. The van der Waals surface area contributed by atoms with Crippen molar-refractivity contribution in [2.75, 3.05) is 26.2 Å². The zero-order valence-electron chi connectivity index (χ0n) is 21.5. The quantitative estimate of drug-likeness (QED) is 0.419. The normalized spacial score (nSPS) is 14.2. The maximum absolute atomic E-state index is 12.4. The Labute approximate surface area is 214 Å². The van der Waals surface area contributed by atoms with E-state index in [-0.39, 0.29) is 24.0 Å². The van der Waals surface area contributed by atoms with Gasteiger partial charge in [0.1, 0.15) is 23.9 Å². The van der Waals surface area contributed by atoms with Gasteiger partial charge in [-0.2, -0.15) is 0 Å². The minimum atomic E-state index is -0.130. The molecule has 0 bridgehead atoms. The fourth-order valence-corrected chi connectivity index (χ4v) is 4.07. The molecule has 3 aromatic rings. The number of likely N-dealkylation sites (tertiary alicyclic amines) is 1. The van der Waals surface area contributed by atoms with Gasteiger partial charge < -0.3 is 9.26 Å². The molecule has 4 rings (SSSR count). The number of piperidine rings is 1. The molecule has 6 heteroatoms. The average Bonchev–Trinajstić information content (AvgIpc) is 3.34. The number of carbonyl (C=O) groups excluding carboxylic acids is 1. The van der Waals surface area contributed by atoms with Gasteiger partial charge >= 0.3 is 0 Å². The number of rotatable bonds is 8. The first-order valence-electron chi connectivity index (χ1n) is 12.8. The topological polar surface area (TPSA) is 68.5 Å². The first-order chi connectivity index (χ1) is 17.3. The molecule has 1 aromatic carbocycles. The second-order valence-corrected chi connectivity index (χ2v) is 10.4. The molecule has 1 fully saturated rings. The van der Waals surface area contributed by atoms with E-state index in [4.69, 9.17) is 9.26 Å². The fraction of sp³-hybridized carbons (Fsp3) is 0.433. The Hall–Kier alpha value is -3.43. The molecule has 2 aromatic heterocycles. The Balaban J connectivity index is 1.24. The third-order valence-corrected chi connectivity index (χ3v) is 6.21. The smallest absolute Gasteiger partial charge is 0.144 e. The van der Waals surface area contributed by atoms with Crippen LogP contribution in [-0.4, -0.2) is 47.1 Å². The van der Waals surface area contributed by atoms with Crippen LogP contribution in [-0.2, 0) is 23.1 Å². The van der Waals surface area contributed by atoms with Crippen LogP contribution in [0.5, 0.6) is 5.75 Å². The molecule has 36 heavy (non-hydrogen) atoms. The Morgan fingerprint density at radius 3 is 2.33 bits per heavy atom. The minimum absolute atomic E-state index is 0.0494. The lowest BCUT2D eigenvalue weighted by molar-refractivity contribution is -0.117. The molecule has 0 N–H and O–H groups in total. The number of ketones is 1. The number of pyridine rings is 1. The molecule has 1 saturated heterocycles. The third-order valence-electron chi connectivity index (χ3n) is 6.21. The number of nitrogens with zero attached hydrogens (tertiary/aromatic N) is 3. The molecule has 3 heterocycles. The summed E-state index contributed by atoms with van der Waals surface area (Å²) >= 11 is 0. The van der Waals surface area contributed by atoms with Crippen molar-refractivity contribution in [3.8, 4) is 17.6 Å². The van der Waals surface area contributed by atoms with Gasteiger partial charge in [-0.05, 0) is 62.3 Å². The fourth-order valence-electron chi connectivity index (χ4n) is 4.07. The monoisotopic (exact) mass is 485 g/mol. The molecule has 0 amide bonds. The molecule has 0 radical (unpaired) electrons. The van der Waals surface area contributed by atoms with E-state index < -0.39 is 0 Å². The van der Waals surface area contributed by atoms with Crippen molar-refractivity contribution < 1.29 is 14.1 Å². The van der Waals surface area contributed by atoms with Crippen molar-refractivity contribution >= 4 is 5.78 Å². The summed E-state index contributed by atoms with van der Waals surface area (Å²) in [6, 6.07) is 13.5. The van der Waals surface area contributed by atoms with Crippen molar-refractivity contribution in [3.05, 3.63) is 76.9 Å². The molecule has 1 aliphatic rings. The van der Waals surface area contributed by atoms with Crippen molar-refractivity contribution in [2.24, 2.45) is 0 Å². The number of benzene rings is 1. The van der Waals surface area contributed by atoms with E-state index in [2.05, 4.69) is 47.7 Å². The van der Waals surface area contributed by atoms with Gasteiger partial charge in [0.25, 0.3) is 0 Å². The van der Waals surface area contributed by atoms with Gasteiger partial charge in [0.05, 0.1) is 12.1 Å². The summed E-state index contributed by atoms with van der Waals surface area (Å²) in [5.74, 6) is 8.00. The van der Waals surface area contributed by atoms with Gasteiger partial charge in [0.15, 0.2) is 0 Å². The van der Waals surface area contributed by atoms with E-state index >= 15 is 0 Å². The van der Waals surface area contributed by atoms with Crippen LogP contribution in [0.15, 0.2) is 53.2 Å². The average molecular weight is 486 g/mol. The summed E-state index contributed by atoms with van der Waals surface area (Å²) in [6.07, 6.45) is 6.15. The van der Waals surface area contributed by atoms with Gasteiger partial charge in [-0.15, -0.1) is 0 Å². The lowest BCUT2D eigenvalue weighted by atomic mass is 9.93. The molecule has 188 valence electrons. The Bertz CT molecular complexity index is 1190. The largest absolute Gasteiger partial charge is 0.492 e. The van der Waals surface area contributed by atoms with Crippen molar-refractivity contribution in [3.63, 3.8) is 0 Å². The lowest BCUT2D eigenvalue weighted by Crippen LogP contribution is -2.33. The molecule has 0 saturated carbocycles. The van der Waals surface area contributed by atoms with Gasteiger partial charge in [0, 0.05) is 47.5 Å².